The summed E-state index contributed by atoms with van der Waals surface area (Å²) in [5.41, 5.74) is 0.699. The number of halogens is 3. The van der Waals surface area contributed by atoms with Gasteiger partial charge < -0.3 is 19.4 Å². The molecular formula is C19H19F3N2O4. The number of ether oxygens (including phenoxy) is 1. The predicted octanol–water partition coefficient (Wildman–Crippen LogP) is 3.35. The normalized spacial score (nSPS) is 15.3. The number of carbonyl (C=O) groups excluding carboxylic acids is 2. The Morgan fingerprint density at radius 3 is 2.54 bits per heavy atom. The molecule has 28 heavy (non-hydrogen) atoms. The summed E-state index contributed by atoms with van der Waals surface area (Å²) in [7, 11) is 0. The topological polar surface area (TPSA) is 71.8 Å². The van der Waals surface area contributed by atoms with E-state index in [0.717, 1.165) is 0 Å². The van der Waals surface area contributed by atoms with Gasteiger partial charge in [0.25, 0.3) is 5.91 Å². The largest absolute Gasteiger partial charge is 0.573 e. The SMILES string of the molecule is O=C(NCc1ccccc1OC(F)(F)F)C1CCN(C(=O)c2ccoc2)CC1. The van der Waals surface area contributed by atoms with Crippen molar-refractivity contribution in [2.75, 3.05) is 13.1 Å². The molecule has 1 aliphatic rings. The van der Waals surface area contributed by atoms with E-state index >= 15 is 0 Å². The lowest BCUT2D eigenvalue weighted by molar-refractivity contribution is -0.274. The fourth-order valence-electron chi connectivity index (χ4n) is 3.11. The minimum atomic E-state index is -4.80. The van der Waals surface area contributed by atoms with E-state index in [1.54, 1.807) is 17.0 Å². The summed E-state index contributed by atoms with van der Waals surface area (Å²) in [6, 6.07) is 7.26. The maximum Gasteiger partial charge on any atom is 0.573 e. The van der Waals surface area contributed by atoms with E-state index in [2.05, 4.69) is 10.1 Å². The van der Waals surface area contributed by atoms with Crippen LogP contribution in [0.15, 0.2) is 47.3 Å². The summed E-state index contributed by atoms with van der Waals surface area (Å²) < 4.78 is 46.3. The van der Waals surface area contributed by atoms with Crippen molar-refractivity contribution in [3.63, 3.8) is 0 Å². The van der Waals surface area contributed by atoms with Crippen molar-refractivity contribution in [2.45, 2.75) is 25.7 Å². The Hall–Kier alpha value is -2.97. The lowest BCUT2D eigenvalue weighted by Gasteiger charge is -2.31. The molecule has 1 saturated heterocycles. The van der Waals surface area contributed by atoms with Crippen LogP contribution in [0.25, 0.3) is 0 Å². The molecule has 2 heterocycles. The van der Waals surface area contributed by atoms with Gasteiger partial charge in [-0.15, -0.1) is 13.2 Å². The molecule has 3 rings (SSSR count). The molecule has 1 fully saturated rings. The Kier molecular flexibility index (Phi) is 5.91. The summed E-state index contributed by atoms with van der Waals surface area (Å²) >= 11 is 0. The third-order valence-electron chi connectivity index (χ3n) is 4.57. The summed E-state index contributed by atoms with van der Waals surface area (Å²) in [5.74, 6) is -1.04. The van der Waals surface area contributed by atoms with Gasteiger partial charge in [-0.3, -0.25) is 9.59 Å². The van der Waals surface area contributed by atoms with E-state index < -0.39 is 6.36 Å². The second-order valence-electron chi connectivity index (χ2n) is 6.45. The number of para-hydroxylation sites is 1. The van der Waals surface area contributed by atoms with E-state index in [1.165, 1.54) is 30.7 Å². The number of nitrogens with zero attached hydrogens (tertiary/aromatic N) is 1. The van der Waals surface area contributed by atoms with E-state index in [1.807, 2.05) is 0 Å². The fraction of sp³-hybridized carbons (Fsp3) is 0.368. The van der Waals surface area contributed by atoms with Gasteiger partial charge in [0.15, 0.2) is 0 Å². The number of nitrogens with one attached hydrogen (secondary N) is 1. The second kappa shape index (κ2) is 8.37. The van der Waals surface area contributed by atoms with Crippen LogP contribution in [0.5, 0.6) is 5.75 Å². The van der Waals surface area contributed by atoms with Crippen LogP contribution in [0, 0.1) is 5.92 Å². The Balaban J connectivity index is 1.51. The maximum absolute atomic E-state index is 12.5. The molecule has 0 radical (unpaired) electrons. The molecule has 0 saturated carbocycles. The molecule has 0 spiro atoms. The predicted molar refractivity (Wildman–Crippen MR) is 92.3 cm³/mol. The van der Waals surface area contributed by atoms with Gasteiger partial charge in [0, 0.05) is 31.1 Å². The zero-order valence-corrected chi connectivity index (χ0v) is 14.9. The number of hydrogen-bond donors (Lipinski definition) is 1. The number of furan rings is 1. The second-order valence-corrected chi connectivity index (χ2v) is 6.45. The molecular weight excluding hydrogens is 377 g/mol. The first-order valence-electron chi connectivity index (χ1n) is 8.76. The highest BCUT2D eigenvalue weighted by molar-refractivity contribution is 5.94. The molecule has 1 aromatic heterocycles. The van der Waals surface area contributed by atoms with Gasteiger partial charge in [0.2, 0.25) is 5.91 Å². The first-order valence-corrected chi connectivity index (χ1v) is 8.76. The van der Waals surface area contributed by atoms with Crippen molar-refractivity contribution in [3.8, 4) is 5.75 Å². The Bertz CT molecular complexity index is 813. The molecule has 1 aliphatic heterocycles. The van der Waals surface area contributed by atoms with Gasteiger partial charge >= 0.3 is 6.36 Å². The highest BCUT2D eigenvalue weighted by Crippen LogP contribution is 2.26. The molecule has 1 aromatic carbocycles. The van der Waals surface area contributed by atoms with Crippen molar-refractivity contribution in [1.29, 1.82) is 0 Å². The first kappa shape index (κ1) is 19.8. The third-order valence-corrected chi connectivity index (χ3v) is 4.57. The number of likely N-dealkylation sites (tertiary alicyclic amines) is 1. The number of piperidine rings is 1. The Morgan fingerprint density at radius 2 is 1.89 bits per heavy atom. The van der Waals surface area contributed by atoms with Crippen LogP contribution in [0.4, 0.5) is 13.2 Å². The fourth-order valence-corrected chi connectivity index (χ4v) is 3.11. The van der Waals surface area contributed by atoms with E-state index in [0.29, 0.717) is 31.5 Å². The molecule has 0 aliphatic carbocycles. The first-order chi connectivity index (χ1) is 13.3. The summed E-state index contributed by atoms with van der Waals surface area (Å²) in [4.78, 5) is 26.3. The van der Waals surface area contributed by atoms with E-state index in [-0.39, 0.29) is 35.6 Å². The zero-order valence-electron chi connectivity index (χ0n) is 14.9. The highest BCUT2D eigenvalue weighted by atomic mass is 19.4. The maximum atomic E-state index is 12.5. The van der Waals surface area contributed by atoms with Crippen LogP contribution in [0.3, 0.4) is 0 Å². The van der Waals surface area contributed by atoms with Crippen LogP contribution in [-0.4, -0.2) is 36.2 Å². The van der Waals surface area contributed by atoms with E-state index in [4.69, 9.17) is 4.42 Å². The number of rotatable bonds is 5. The quantitative estimate of drug-likeness (QED) is 0.842. The summed E-state index contributed by atoms with van der Waals surface area (Å²) in [6.45, 7) is 0.783. The molecule has 0 atom stereocenters. The van der Waals surface area contributed by atoms with Crippen LogP contribution < -0.4 is 10.1 Å². The summed E-state index contributed by atoms with van der Waals surface area (Å²) in [6.07, 6.45) is -1.03. The van der Waals surface area contributed by atoms with Crippen molar-refractivity contribution >= 4 is 11.8 Å². The number of benzene rings is 1. The highest BCUT2D eigenvalue weighted by Gasteiger charge is 2.32. The van der Waals surface area contributed by atoms with Crippen molar-refractivity contribution in [1.82, 2.24) is 10.2 Å². The minimum Gasteiger partial charge on any atom is -0.472 e. The van der Waals surface area contributed by atoms with E-state index in [9.17, 15) is 22.8 Å². The number of hydrogen-bond acceptors (Lipinski definition) is 4. The molecule has 2 aromatic rings. The zero-order chi connectivity index (χ0) is 20.1. The smallest absolute Gasteiger partial charge is 0.472 e. The Morgan fingerprint density at radius 1 is 1.18 bits per heavy atom. The van der Waals surface area contributed by atoms with Crippen molar-refractivity contribution in [3.05, 3.63) is 54.0 Å². The van der Waals surface area contributed by atoms with Crippen LogP contribution in [0.1, 0.15) is 28.8 Å². The minimum absolute atomic E-state index is 0.0702. The molecule has 1 N–H and O–H groups in total. The van der Waals surface area contributed by atoms with Crippen LogP contribution in [-0.2, 0) is 11.3 Å². The van der Waals surface area contributed by atoms with Gasteiger partial charge in [-0.05, 0) is 25.0 Å². The molecule has 6 nitrogen and oxygen atoms in total. The molecule has 150 valence electrons. The van der Waals surface area contributed by atoms with Gasteiger partial charge in [-0.1, -0.05) is 18.2 Å². The van der Waals surface area contributed by atoms with Gasteiger partial charge in [-0.25, -0.2) is 0 Å². The number of amides is 2. The van der Waals surface area contributed by atoms with Crippen LogP contribution >= 0.6 is 0 Å². The number of alkyl halides is 3. The third kappa shape index (κ3) is 5.05. The van der Waals surface area contributed by atoms with Crippen molar-refractivity contribution < 1.29 is 31.9 Å². The monoisotopic (exact) mass is 396 g/mol. The standard InChI is InChI=1S/C19H19F3N2O4/c20-19(21,22)28-16-4-2-1-3-14(16)11-23-17(25)13-5-8-24(9-6-13)18(26)15-7-10-27-12-15/h1-4,7,10,12-13H,5-6,8-9,11H2,(H,23,25). The molecule has 0 unspecified atom stereocenters. The summed E-state index contributed by atoms with van der Waals surface area (Å²) in [5, 5.41) is 2.66. The van der Waals surface area contributed by atoms with Gasteiger partial charge in [-0.2, -0.15) is 0 Å². The average molecular weight is 396 g/mol. The Labute approximate surface area is 159 Å². The van der Waals surface area contributed by atoms with Gasteiger partial charge in [0.1, 0.15) is 12.0 Å². The lowest BCUT2D eigenvalue weighted by Crippen LogP contribution is -2.42. The van der Waals surface area contributed by atoms with Crippen molar-refractivity contribution in [2.24, 2.45) is 5.92 Å². The molecule has 0 bridgehead atoms. The average Bonchev–Trinajstić information content (AvgIpc) is 3.20. The molecule has 2 amide bonds. The lowest BCUT2D eigenvalue weighted by atomic mass is 9.95. The number of carbonyl (C=O) groups is 2. The molecule has 9 heteroatoms. The van der Waals surface area contributed by atoms with Crippen LogP contribution in [0.2, 0.25) is 0 Å². The van der Waals surface area contributed by atoms with Gasteiger partial charge in [0.05, 0.1) is 11.8 Å².